The smallest absolute Gasteiger partial charge is 0.239 e. The van der Waals surface area contributed by atoms with Crippen LogP contribution in [0.3, 0.4) is 0 Å². The molecule has 6 heteroatoms. The number of nitrogens with one attached hydrogen (secondary N) is 1. The van der Waals surface area contributed by atoms with Crippen LogP contribution in [-0.2, 0) is 17.6 Å². The second-order valence-electron chi connectivity index (χ2n) is 9.05. The first-order valence-electron chi connectivity index (χ1n) is 13.1. The molecule has 0 bridgehead atoms. The number of benzene rings is 2. The van der Waals surface area contributed by atoms with E-state index in [0.29, 0.717) is 11.6 Å². The number of aryl methyl sites for hydroxylation is 1. The van der Waals surface area contributed by atoms with Crippen molar-refractivity contribution in [1.82, 2.24) is 5.32 Å². The minimum atomic E-state index is -0.173. The van der Waals surface area contributed by atoms with Crippen molar-refractivity contribution in [3.63, 3.8) is 0 Å². The van der Waals surface area contributed by atoms with Crippen molar-refractivity contribution >= 4 is 29.1 Å². The van der Waals surface area contributed by atoms with Crippen LogP contribution < -0.4 is 10.1 Å². The molecule has 0 radical (unpaired) electrons. The molecule has 0 spiro atoms. The molecule has 1 fully saturated rings. The standard InChI is InChI=1S/C29H39N3O2S/c1-3-5-7-8-9-10-20-34-26-18-16-25(17-19-26)22-30-32-29-31-28(33)27(35-29)21-24-14-12-23(13-15-24)11-6-4-2/h12-19,22,27H,3-11,20-21H2,1-2H3,(H,31,32,33). The molecular formula is C29H39N3O2S. The molecule has 3 rings (SSSR count). The maximum absolute atomic E-state index is 12.4. The van der Waals surface area contributed by atoms with E-state index in [-0.39, 0.29) is 11.2 Å². The van der Waals surface area contributed by atoms with E-state index in [2.05, 4.69) is 53.6 Å². The zero-order chi connectivity index (χ0) is 24.7. The van der Waals surface area contributed by atoms with E-state index in [1.165, 1.54) is 67.8 Å². The van der Waals surface area contributed by atoms with Gasteiger partial charge in [-0.25, -0.2) is 0 Å². The molecule has 5 nitrogen and oxygen atoms in total. The minimum absolute atomic E-state index is 0.00845. The maximum atomic E-state index is 12.4. The fourth-order valence-corrected chi connectivity index (χ4v) is 4.86. The van der Waals surface area contributed by atoms with Gasteiger partial charge in [0.25, 0.3) is 0 Å². The molecular weight excluding hydrogens is 454 g/mol. The molecule has 1 N–H and O–H groups in total. The highest BCUT2D eigenvalue weighted by Gasteiger charge is 2.30. The van der Waals surface area contributed by atoms with Gasteiger partial charge < -0.3 is 10.1 Å². The van der Waals surface area contributed by atoms with Gasteiger partial charge in [0.2, 0.25) is 5.91 Å². The number of carbonyl (C=O) groups excluding carboxylic acids is 1. The quantitative estimate of drug-likeness (QED) is 0.166. The molecule has 0 saturated carbocycles. The SMILES string of the molecule is CCCCCCCCOc1ccc(C=NN=C2NC(=O)C(Cc3ccc(CCCC)cc3)S2)cc1. The van der Waals surface area contributed by atoms with Crippen molar-refractivity contribution < 1.29 is 9.53 Å². The Hall–Kier alpha value is -2.60. The van der Waals surface area contributed by atoms with Crippen molar-refractivity contribution in [1.29, 1.82) is 0 Å². The predicted octanol–water partition coefficient (Wildman–Crippen LogP) is 6.93. The molecule has 1 amide bonds. The Morgan fingerprint density at radius 1 is 0.886 bits per heavy atom. The summed E-state index contributed by atoms with van der Waals surface area (Å²) in [7, 11) is 0. The highest BCUT2D eigenvalue weighted by Crippen LogP contribution is 2.24. The van der Waals surface area contributed by atoms with Crippen LogP contribution in [-0.4, -0.2) is 29.1 Å². The zero-order valence-electron chi connectivity index (χ0n) is 21.2. The number of nitrogens with zero attached hydrogens (tertiary/aromatic N) is 2. The van der Waals surface area contributed by atoms with E-state index >= 15 is 0 Å². The summed E-state index contributed by atoms with van der Waals surface area (Å²) >= 11 is 1.44. The molecule has 2 aromatic rings. The Morgan fingerprint density at radius 2 is 1.57 bits per heavy atom. The van der Waals surface area contributed by atoms with Crippen LogP contribution in [0.1, 0.15) is 81.9 Å². The summed E-state index contributed by atoms with van der Waals surface area (Å²) in [5.74, 6) is 0.868. The average molecular weight is 494 g/mol. The van der Waals surface area contributed by atoms with Crippen molar-refractivity contribution in [2.75, 3.05) is 6.61 Å². The number of hydrogen-bond donors (Lipinski definition) is 1. The predicted molar refractivity (Wildman–Crippen MR) is 149 cm³/mol. The lowest BCUT2D eigenvalue weighted by Crippen LogP contribution is -2.25. The molecule has 1 saturated heterocycles. The summed E-state index contributed by atoms with van der Waals surface area (Å²) in [6.45, 7) is 5.20. The van der Waals surface area contributed by atoms with E-state index in [0.717, 1.165) is 30.8 Å². The number of hydrogen-bond acceptors (Lipinski definition) is 5. The number of carbonyl (C=O) groups is 1. The summed E-state index contributed by atoms with van der Waals surface area (Å²) in [6.07, 6.45) is 13.4. The van der Waals surface area contributed by atoms with Gasteiger partial charge in [-0.2, -0.15) is 5.10 Å². The van der Waals surface area contributed by atoms with Crippen molar-refractivity contribution in [3.05, 3.63) is 65.2 Å². The van der Waals surface area contributed by atoms with Gasteiger partial charge in [-0.1, -0.05) is 88.4 Å². The van der Waals surface area contributed by atoms with Crippen LogP contribution in [0.2, 0.25) is 0 Å². The van der Waals surface area contributed by atoms with E-state index in [1.807, 2.05) is 24.3 Å². The van der Waals surface area contributed by atoms with Gasteiger partial charge in [-0.15, -0.1) is 5.10 Å². The van der Waals surface area contributed by atoms with Crippen molar-refractivity contribution in [3.8, 4) is 5.75 Å². The van der Waals surface area contributed by atoms with Crippen LogP contribution in [0, 0.1) is 0 Å². The van der Waals surface area contributed by atoms with Gasteiger partial charge in [0.15, 0.2) is 5.17 Å². The van der Waals surface area contributed by atoms with Crippen LogP contribution in [0.4, 0.5) is 0 Å². The summed E-state index contributed by atoms with van der Waals surface area (Å²) in [5.41, 5.74) is 3.46. The van der Waals surface area contributed by atoms with Crippen molar-refractivity contribution in [2.45, 2.75) is 83.3 Å². The van der Waals surface area contributed by atoms with Crippen LogP contribution in [0.5, 0.6) is 5.75 Å². The summed E-state index contributed by atoms with van der Waals surface area (Å²) in [5, 5.41) is 11.6. The van der Waals surface area contributed by atoms with Crippen LogP contribution in [0.15, 0.2) is 58.7 Å². The van der Waals surface area contributed by atoms with Crippen LogP contribution in [0.25, 0.3) is 0 Å². The Kier molecular flexibility index (Phi) is 11.9. The van der Waals surface area contributed by atoms with E-state index in [9.17, 15) is 4.79 Å². The minimum Gasteiger partial charge on any atom is -0.494 e. The highest BCUT2D eigenvalue weighted by atomic mass is 32.2. The van der Waals surface area contributed by atoms with Crippen LogP contribution >= 0.6 is 11.8 Å². The maximum Gasteiger partial charge on any atom is 0.239 e. The first-order valence-corrected chi connectivity index (χ1v) is 13.9. The third-order valence-corrected chi connectivity index (χ3v) is 7.11. The fourth-order valence-electron chi connectivity index (χ4n) is 3.89. The lowest BCUT2D eigenvalue weighted by atomic mass is 10.0. The fraction of sp³-hybridized carbons (Fsp3) is 0.483. The van der Waals surface area contributed by atoms with Crippen molar-refractivity contribution in [2.24, 2.45) is 10.2 Å². The second kappa shape index (κ2) is 15.4. The highest BCUT2D eigenvalue weighted by molar-refractivity contribution is 8.15. The Bertz CT molecular complexity index is 955. The molecule has 35 heavy (non-hydrogen) atoms. The van der Waals surface area contributed by atoms with E-state index < -0.39 is 0 Å². The molecule has 1 aliphatic rings. The number of thioether (sulfide) groups is 1. The van der Waals surface area contributed by atoms with Gasteiger partial charge in [-0.05, 0) is 66.6 Å². The number of unbranched alkanes of at least 4 members (excludes halogenated alkanes) is 6. The lowest BCUT2D eigenvalue weighted by Gasteiger charge is -2.06. The first-order chi connectivity index (χ1) is 17.2. The molecule has 0 aromatic heterocycles. The molecule has 188 valence electrons. The van der Waals surface area contributed by atoms with Gasteiger partial charge >= 0.3 is 0 Å². The first kappa shape index (κ1) is 27.0. The molecule has 1 heterocycles. The Labute approximate surface area is 214 Å². The third-order valence-electron chi connectivity index (χ3n) is 6.04. The zero-order valence-corrected chi connectivity index (χ0v) is 22.0. The number of amides is 1. The molecule has 0 aliphatic carbocycles. The molecule has 1 atom stereocenters. The van der Waals surface area contributed by atoms with Gasteiger partial charge in [0.05, 0.1) is 18.1 Å². The van der Waals surface area contributed by atoms with Gasteiger partial charge in [0, 0.05) is 0 Å². The molecule has 1 aliphatic heterocycles. The topological polar surface area (TPSA) is 63.1 Å². The second-order valence-corrected chi connectivity index (χ2v) is 10.2. The van der Waals surface area contributed by atoms with Gasteiger partial charge in [-0.3, -0.25) is 4.79 Å². The third kappa shape index (κ3) is 9.88. The monoisotopic (exact) mass is 493 g/mol. The Balaban J connectivity index is 1.40. The number of amidine groups is 1. The lowest BCUT2D eigenvalue weighted by molar-refractivity contribution is -0.118. The largest absolute Gasteiger partial charge is 0.494 e. The van der Waals surface area contributed by atoms with Gasteiger partial charge in [0.1, 0.15) is 5.75 Å². The number of rotatable bonds is 15. The number of ether oxygens (including phenoxy) is 1. The normalized spacial score (nSPS) is 16.8. The summed E-state index contributed by atoms with van der Waals surface area (Å²) in [6, 6.07) is 16.5. The summed E-state index contributed by atoms with van der Waals surface area (Å²) in [4.78, 5) is 12.4. The molecule has 1 unspecified atom stereocenters. The Morgan fingerprint density at radius 3 is 2.31 bits per heavy atom. The van der Waals surface area contributed by atoms with E-state index in [1.54, 1.807) is 6.21 Å². The summed E-state index contributed by atoms with van der Waals surface area (Å²) < 4.78 is 5.83. The average Bonchev–Trinajstić information content (AvgIpc) is 3.22. The van der Waals surface area contributed by atoms with E-state index in [4.69, 9.17) is 4.74 Å². The molecule has 2 aromatic carbocycles.